The molecule has 0 atom stereocenters. The Morgan fingerprint density at radius 2 is 2.11 bits per heavy atom. The highest BCUT2D eigenvalue weighted by Crippen LogP contribution is 1.92. The molecule has 0 aliphatic carbocycles. The van der Waals surface area contributed by atoms with Crippen LogP contribution in [0.25, 0.3) is 0 Å². The lowest BCUT2D eigenvalue weighted by atomic mass is 10.4. The second-order valence-corrected chi connectivity index (χ2v) is 2.24. The van der Waals surface area contributed by atoms with Gasteiger partial charge in [-0.05, 0) is 7.05 Å². The van der Waals surface area contributed by atoms with E-state index in [9.17, 15) is 0 Å². The quantitative estimate of drug-likeness (QED) is 0.545. The fourth-order valence-corrected chi connectivity index (χ4v) is 0.983. The monoisotopic (exact) mass is 130 g/mol. The van der Waals surface area contributed by atoms with Gasteiger partial charge in [0.2, 0.25) is 0 Å². The summed E-state index contributed by atoms with van der Waals surface area (Å²) in [5, 5.41) is 3.11. The Kier molecular flexibility index (Phi) is 2.97. The first-order valence-electron chi connectivity index (χ1n) is 3.38. The smallest absolute Gasteiger partial charge is 0.0594 e. The van der Waals surface area contributed by atoms with Gasteiger partial charge in [0.05, 0.1) is 13.2 Å². The van der Waals surface area contributed by atoms with Gasteiger partial charge >= 0.3 is 0 Å². The lowest BCUT2D eigenvalue weighted by Gasteiger charge is -2.25. The molecule has 0 radical (unpaired) electrons. The second-order valence-electron chi connectivity index (χ2n) is 2.24. The van der Waals surface area contributed by atoms with E-state index in [4.69, 9.17) is 4.74 Å². The molecule has 1 N–H and O–H groups in total. The molecule has 0 aromatic heterocycles. The molecule has 3 heteroatoms. The Labute approximate surface area is 56.0 Å². The number of hydrogen-bond acceptors (Lipinski definition) is 3. The Balaban J connectivity index is 2.08. The van der Waals surface area contributed by atoms with Gasteiger partial charge in [0.25, 0.3) is 0 Å². The summed E-state index contributed by atoms with van der Waals surface area (Å²) < 4.78 is 5.18. The molecule has 54 valence electrons. The molecular formula is C6H14N2O. The summed E-state index contributed by atoms with van der Waals surface area (Å²) in [4.78, 5) is 2.34. The summed E-state index contributed by atoms with van der Waals surface area (Å²) >= 11 is 0. The number of hydrogen-bond donors (Lipinski definition) is 1. The van der Waals surface area contributed by atoms with Crippen molar-refractivity contribution in [3.8, 4) is 0 Å². The summed E-state index contributed by atoms with van der Waals surface area (Å²) in [5.41, 5.74) is 0. The van der Waals surface area contributed by atoms with Crippen LogP contribution in [0, 0.1) is 0 Å². The Bertz CT molecular complexity index is 68.7. The first-order valence-corrected chi connectivity index (χ1v) is 3.38. The van der Waals surface area contributed by atoms with Gasteiger partial charge in [0.15, 0.2) is 0 Å². The van der Waals surface area contributed by atoms with Gasteiger partial charge in [0.1, 0.15) is 0 Å². The van der Waals surface area contributed by atoms with Gasteiger partial charge in [0, 0.05) is 19.8 Å². The number of nitrogens with one attached hydrogen (secondary N) is 1. The van der Waals surface area contributed by atoms with Gasteiger partial charge in [-0.1, -0.05) is 0 Å². The van der Waals surface area contributed by atoms with Crippen molar-refractivity contribution in [2.75, 3.05) is 40.0 Å². The molecule has 0 aromatic carbocycles. The van der Waals surface area contributed by atoms with Crippen molar-refractivity contribution in [3.05, 3.63) is 0 Å². The van der Waals surface area contributed by atoms with Crippen molar-refractivity contribution in [2.24, 2.45) is 0 Å². The standard InChI is InChI=1S/C6H14N2O/c1-7-6-8-2-4-9-5-3-8/h7H,2-6H2,1H3. The van der Waals surface area contributed by atoms with Crippen molar-refractivity contribution in [2.45, 2.75) is 0 Å². The van der Waals surface area contributed by atoms with Crippen LogP contribution in [0.1, 0.15) is 0 Å². The SMILES string of the molecule is CNCN1CCOCC1. The molecule has 0 amide bonds. The van der Waals surface area contributed by atoms with E-state index >= 15 is 0 Å². The maximum atomic E-state index is 5.18. The third-order valence-electron chi connectivity index (χ3n) is 1.49. The molecule has 0 spiro atoms. The zero-order valence-electron chi connectivity index (χ0n) is 5.89. The van der Waals surface area contributed by atoms with Crippen LogP contribution in [0.3, 0.4) is 0 Å². The molecule has 1 aliphatic rings. The summed E-state index contributed by atoms with van der Waals surface area (Å²) in [7, 11) is 1.97. The van der Waals surface area contributed by atoms with Gasteiger partial charge in [-0.15, -0.1) is 0 Å². The van der Waals surface area contributed by atoms with Gasteiger partial charge in [-0.25, -0.2) is 0 Å². The predicted octanol–water partition coefficient (Wildman–Crippen LogP) is -0.504. The first kappa shape index (κ1) is 6.99. The lowest BCUT2D eigenvalue weighted by molar-refractivity contribution is 0.0352. The Morgan fingerprint density at radius 3 is 2.67 bits per heavy atom. The van der Waals surface area contributed by atoms with E-state index in [1.54, 1.807) is 0 Å². The third kappa shape index (κ3) is 2.30. The van der Waals surface area contributed by atoms with E-state index in [2.05, 4.69) is 10.2 Å². The molecule has 0 saturated carbocycles. The number of ether oxygens (including phenoxy) is 1. The number of rotatable bonds is 2. The first-order chi connectivity index (χ1) is 4.43. The zero-order chi connectivity index (χ0) is 6.53. The summed E-state index contributed by atoms with van der Waals surface area (Å²) in [6.07, 6.45) is 0. The van der Waals surface area contributed by atoms with Crippen molar-refractivity contribution in [3.63, 3.8) is 0 Å². The number of morpholine rings is 1. The second kappa shape index (κ2) is 3.82. The molecule has 1 heterocycles. The van der Waals surface area contributed by atoms with Crippen LogP contribution in [-0.2, 0) is 4.74 Å². The van der Waals surface area contributed by atoms with Crippen LogP contribution in [0.15, 0.2) is 0 Å². The van der Waals surface area contributed by atoms with E-state index in [1.165, 1.54) is 0 Å². The highest BCUT2D eigenvalue weighted by Gasteiger charge is 2.07. The van der Waals surface area contributed by atoms with Crippen molar-refractivity contribution >= 4 is 0 Å². The molecule has 1 saturated heterocycles. The largest absolute Gasteiger partial charge is 0.379 e. The van der Waals surface area contributed by atoms with Gasteiger partial charge < -0.3 is 10.1 Å². The summed E-state index contributed by atoms with van der Waals surface area (Å²) in [5.74, 6) is 0. The highest BCUT2D eigenvalue weighted by molar-refractivity contribution is 4.58. The maximum Gasteiger partial charge on any atom is 0.0594 e. The number of nitrogens with zero attached hydrogens (tertiary/aromatic N) is 1. The van der Waals surface area contributed by atoms with Crippen LogP contribution >= 0.6 is 0 Å². The van der Waals surface area contributed by atoms with E-state index < -0.39 is 0 Å². The molecule has 1 aliphatic heterocycles. The molecule has 0 bridgehead atoms. The van der Waals surface area contributed by atoms with E-state index in [-0.39, 0.29) is 0 Å². The van der Waals surface area contributed by atoms with Crippen molar-refractivity contribution in [1.29, 1.82) is 0 Å². The lowest BCUT2D eigenvalue weighted by Crippen LogP contribution is -2.40. The molecule has 0 aromatic rings. The van der Waals surface area contributed by atoms with Crippen LogP contribution < -0.4 is 5.32 Å². The zero-order valence-corrected chi connectivity index (χ0v) is 5.89. The molecule has 1 fully saturated rings. The minimum Gasteiger partial charge on any atom is -0.379 e. The molecule has 9 heavy (non-hydrogen) atoms. The topological polar surface area (TPSA) is 24.5 Å². The average Bonchev–Trinajstić information content (AvgIpc) is 1.91. The maximum absolute atomic E-state index is 5.18. The highest BCUT2D eigenvalue weighted by atomic mass is 16.5. The van der Waals surface area contributed by atoms with Crippen LogP contribution in [0.4, 0.5) is 0 Å². The molecule has 0 unspecified atom stereocenters. The fraction of sp³-hybridized carbons (Fsp3) is 1.00. The van der Waals surface area contributed by atoms with Crippen LogP contribution in [-0.4, -0.2) is 44.9 Å². The predicted molar refractivity (Wildman–Crippen MR) is 36.3 cm³/mol. The van der Waals surface area contributed by atoms with E-state index in [0.29, 0.717) is 0 Å². The van der Waals surface area contributed by atoms with Crippen molar-refractivity contribution < 1.29 is 4.74 Å². The minimum atomic E-state index is 0.891. The Morgan fingerprint density at radius 1 is 1.44 bits per heavy atom. The summed E-state index contributed by atoms with van der Waals surface area (Å²) in [6, 6.07) is 0. The van der Waals surface area contributed by atoms with Gasteiger partial charge in [-0.2, -0.15) is 0 Å². The Hall–Kier alpha value is -0.120. The average molecular weight is 130 g/mol. The van der Waals surface area contributed by atoms with Crippen LogP contribution in [0.2, 0.25) is 0 Å². The summed E-state index contributed by atoms with van der Waals surface area (Å²) in [6.45, 7) is 4.91. The normalized spacial score (nSPS) is 22.3. The molecule has 1 rings (SSSR count). The van der Waals surface area contributed by atoms with Crippen LogP contribution in [0.5, 0.6) is 0 Å². The molecular weight excluding hydrogens is 116 g/mol. The van der Waals surface area contributed by atoms with E-state index in [0.717, 1.165) is 33.0 Å². The fourth-order valence-electron chi connectivity index (χ4n) is 0.983. The van der Waals surface area contributed by atoms with Crippen molar-refractivity contribution in [1.82, 2.24) is 10.2 Å². The van der Waals surface area contributed by atoms with Gasteiger partial charge in [-0.3, -0.25) is 4.90 Å². The minimum absolute atomic E-state index is 0.891. The molecule has 3 nitrogen and oxygen atoms in total. The van der Waals surface area contributed by atoms with E-state index in [1.807, 2.05) is 7.05 Å². The third-order valence-corrected chi connectivity index (χ3v) is 1.49.